The van der Waals surface area contributed by atoms with Gasteiger partial charge < -0.3 is 9.52 Å². The highest BCUT2D eigenvalue weighted by molar-refractivity contribution is 5.78. The largest absolute Gasteiger partial charge is 0.440 e. The van der Waals surface area contributed by atoms with Gasteiger partial charge in [-0.15, -0.1) is 0 Å². The number of aliphatic hydroxyl groups excluding tert-OH is 1. The molecule has 0 bridgehead atoms. The summed E-state index contributed by atoms with van der Waals surface area (Å²) in [7, 11) is 0. The van der Waals surface area contributed by atoms with E-state index in [4.69, 9.17) is 4.42 Å². The monoisotopic (exact) mass is 328 g/mol. The van der Waals surface area contributed by atoms with Gasteiger partial charge >= 0.3 is 6.18 Å². The first kappa shape index (κ1) is 16.3. The van der Waals surface area contributed by atoms with E-state index in [9.17, 15) is 18.3 Å². The lowest BCUT2D eigenvalue weighted by molar-refractivity contribution is -0.137. The number of likely N-dealkylation sites (tertiary alicyclic amines) is 1. The summed E-state index contributed by atoms with van der Waals surface area (Å²) >= 11 is 0. The number of benzene rings is 1. The second-order valence-corrected chi connectivity index (χ2v) is 6.21. The number of aliphatic hydroxyl groups is 1. The van der Waals surface area contributed by atoms with Gasteiger partial charge in [-0.25, -0.2) is 4.98 Å². The molecule has 7 heteroatoms. The van der Waals surface area contributed by atoms with Crippen LogP contribution < -0.4 is 0 Å². The Morgan fingerprint density at radius 1 is 1.30 bits per heavy atom. The number of nitrogens with zero attached hydrogens (tertiary/aromatic N) is 2. The van der Waals surface area contributed by atoms with E-state index in [-0.39, 0.29) is 29.5 Å². The Morgan fingerprint density at radius 3 is 2.48 bits per heavy atom. The molecule has 1 aromatic heterocycles. The Labute approximate surface area is 131 Å². The predicted octanol–water partition coefficient (Wildman–Crippen LogP) is 3.71. The van der Waals surface area contributed by atoms with Crippen LogP contribution in [0, 0.1) is 0 Å². The van der Waals surface area contributed by atoms with Crippen LogP contribution in [-0.4, -0.2) is 34.7 Å². The summed E-state index contributed by atoms with van der Waals surface area (Å²) in [5.41, 5.74) is -0.443. The van der Waals surface area contributed by atoms with Crippen molar-refractivity contribution in [1.29, 1.82) is 0 Å². The zero-order chi connectivity index (χ0) is 16.8. The first-order chi connectivity index (χ1) is 10.8. The van der Waals surface area contributed by atoms with Crippen molar-refractivity contribution >= 4 is 11.1 Å². The quantitative estimate of drug-likeness (QED) is 0.929. The Bertz CT molecular complexity index is 705. The third-order valence-corrected chi connectivity index (χ3v) is 4.22. The topological polar surface area (TPSA) is 49.5 Å². The number of rotatable bonds is 4. The van der Waals surface area contributed by atoms with Crippen molar-refractivity contribution in [2.75, 3.05) is 19.7 Å². The lowest BCUT2D eigenvalue weighted by atomic mass is 9.99. The standard InChI is InChI=1S/C16H19F3N2O2/c1-9(2)15-20-12-7-10(13(8-22)21-4-3-5-21)6-11(14(12)23-15)16(17,18)19/h6-7,9,13,22H,3-5,8H2,1-2H3/t13-/m0/s1. The highest BCUT2D eigenvalue weighted by Crippen LogP contribution is 2.39. The molecule has 0 unspecified atom stereocenters. The molecule has 2 aromatic rings. The summed E-state index contributed by atoms with van der Waals surface area (Å²) in [5.74, 6) is 0.183. The molecule has 1 N–H and O–H groups in total. The van der Waals surface area contributed by atoms with Crippen molar-refractivity contribution < 1.29 is 22.7 Å². The summed E-state index contributed by atoms with van der Waals surface area (Å²) in [4.78, 5) is 6.16. The van der Waals surface area contributed by atoms with Crippen LogP contribution in [-0.2, 0) is 6.18 Å². The van der Waals surface area contributed by atoms with Crippen LogP contribution in [0.25, 0.3) is 11.1 Å². The Balaban J connectivity index is 2.15. The van der Waals surface area contributed by atoms with E-state index in [1.165, 1.54) is 0 Å². The van der Waals surface area contributed by atoms with Gasteiger partial charge in [-0.2, -0.15) is 13.2 Å². The molecule has 0 aliphatic carbocycles. The number of aromatic nitrogens is 1. The smallest absolute Gasteiger partial charge is 0.420 e. The maximum absolute atomic E-state index is 13.4. The van der Waals surface area contributed by atoms with Crippen molar-refractivity contribution in [3.05, 3.63) is 29.2 Å². The third-order valence-electron chi connectivity index (χ3n) is 4.22. The fraction of sp³-hybridized carbons (Fsp3) is 0.562. The lowest BCUT2D eigenvalue weighted by Crippen LogP contribution is -2.41. The van der Waals surface area contributed by atoms with Gasteiger partial charge in [0.15, 0.2) is 11.5 Å². The average Bonchev–Trinajstić information content (AvgIpc) is 2.84. The molecule has 1 fully saturated rings. The maximum atomic E-state index is 13.4. The van der Waals surface area contributed by atoms with Crippen molar-refractivity contribution in [3.8, 4) is 0 Å². The highest BCUT2D eigenvalue weighted by atomic mass is 19.4. The summed E-state index contributed by atoms with van der Waals surface area (Å²) in [6.07, 6.45) is -3.54. The first-order valence-corrected chi connectivity index (χ1v) is 7.67. The predicted molar refractivity (Wildman–Crippen MR) is 79.1 cm³/mol. The molecule has 2 heterocycles. The second kappa shape index (κ2) is 5.79. The molecule has 1 aliphatic rings. The molecular weight excluding hydrogens is 309 g/mol. The van der Waals surface area contributed by atoms with E-state index in [1.54, 1.807) is 6.07 Å². The van der Waals surface area contributed by atoms with Gasteiger partial charge in [-0.3, -0.25) is 4.90 Å². The van der Waals surface area contributed by atoms with Crippen LogP contribution in [0.1, 0.15) is 49.2 Å². The summed E-state index contributed by atoms with van der Waals surface area (Å²) < 4.78 is 45.6. The van der Waals surface area contributed by atoms with Gasteiger partial charge in [0.2, 0.25) is 0 Å². The number of oxazole rings is 1. The van der Waals surface area contributed by atoms with Gasteiger partial charge in [0.1, 0.15) is 11.1 Å². The number of hydrogen-bond acceptors (Lipinski definition) is 4. The number of alkyl halides is 3. The molecule has 126 valence electrons. The Kier molecular flexibility index (Phi) is 4.10. The van der Waals surface area contributed by atoms with E-state index in [2.05, 4.69) is 4.98 Å². The molecule has 0 saturated carbocycles. The SMILES string of the molecule is CC(C)c1nc2cc([C@H](CO)N3CCC3)cc(C(F)(F)F)c2o1. The molecular formula is C16H19F3N2O2. The van der Waals surface area contributed by atoms with E-state index >= 15 is 0 Å². The van der Waals surface area contributed by atoms with E-state index in [0.29, 0.717) is 5.56 Å². The fourth-order valence-electron chi connectivity index (χ4n) is 2.81. The minimum atomic E-state index is -4.53. The Hall–Kier alpha value is -1.60. The molecule has 23 heavy (non-hydrogen) atoms. The Morgan fingerprint density at radius 2 is 2.00 bits per heavy atom. The number of fused-ring (bicyclic) bond motifs is 1. The zero-order valence-corrected chi connectivity index (χ0v) is 13.0. The van der Waals surface area contributed by atoms with Crippen molar-refractivity contribution in [1.82, 2.24) is 9.88 Å². The minimum Gasteiger partial charge on any atom is -0.440 e. The molecule has 0 spiro atoms. The van der Waals surface area contributed by atoms with E-state index in [0.717, 1.165) is 25.6 Å². The van der Waals surface area contributed by atoms with E-state index in [1.807, 2.05) is 18.7 Å². The summed E-state index contributed by atoms with van der Waals surface area (Å²) in [6.45, 7) is 4.96. The zero-order valence-electron chi connectivity index (χ0n) is 13.0. The van der Waals surface area contributed by atoms with Crippen LogP contribution in [0.2, 0.25) is 0 Å². The second-order valence-electron chi connectivity index (χ2n) is 6.21. The van der Waals surface area contributed by atoms with Crippen LogP contribution in [0.15, 0.2) is 16.5 Å². The molecule has 1 aromatic carbocycles. The maximum Gasteiger partial charge on any atom is 0.420 e. The highest BCUT2D eigenvalue weighted by Gasteiger charge is 2.37. The van der Waals surface area contributed by atoms with Gasteiger partial charge in [0, 0.05) is 19.0 Å². The third kappa shape index (κ3) is 2.95. The van der Waals surface area contributed by atoms with Gasteiger partial charge in [-0.05, 0) is 24.1 Å². The molecule has 1 saturated heterocycles. The fourth-order valence-corrected chi connectivity index (χ4v) is 2.81. The molecule has 0 amide bonds. The molecule has 1 atom stereocenters. The molecule has 3 rings (SSSR count). The summed E-state index contributed by atoms with van der Waals surface area (Å²) in [5, 5.41) is 9.61. The van der Waals surface area contributed by atoms with Gasteiger partial charge in [0.05, 0.1) is 12.6 Å². The normalized spacial score (nSPS) is 17.7. The molecule has 4 nitrogen and oxygen atoms in total. The molecule has 0 radical (unpaired) electrons. The van der Waals surface area contributed by atoms with Gasteiger partial charge in [0.25, 0.3) is 0 Å². The van der Waals surface area contributed by atoms with E-state index < -0.39 is 17.8 Å². The lowest BCUT2D eigenvalue weighted by Gasteiger charge is -2.37. The van der Waals surface area contributed by atoms with Crippen molar-refractivity contribution in [2.45, 2.75) is 38.4 Å². The summed E-state index contributed by atoms with van der Waals surface area (Å²) in [6, 6.07) is 2.24. The minimum absolute atomic E-state index is 0.101. The van der Waals surface area contributed by atoms with Crippen molar-refractivity contribution in [2.24, 2.45) is 0 Å². The van der Waals surface area contributed by atoms with Crippen LogP contribution >= 0.6 is 0 Å². The van der Waals surface area contributed by atoms with Crippen LogP contribution in [0.5, 0.6) is 0 Å². The average molecular weight is 328 g/mol. The first-order valence-electron chi connectivity index (χ1n) is 7.67. The van der Waals surface area contributed by atoms with Crippen LogP contribution in [0.4, 0.5) is 13.2 Å². The van der Waals surface area contributed by atoms with Crippen molar-refractivity contribution in [3.63, 3.8) is 0 Å². The van der Waals surface area contributed by atoms with Crippen LogP contribution in [0.3, 0.4) is 0 Å². The number of halogens is 3. The molecule has 1 aliphatic heterocycles. The van der Waals surface area contributed by atoms with Gasteiger partial charge in [-0.1, -0.05) is 13.8 Å². The number of hydrogen-bond donors (Lipinski definition) is 1.